The predicted molar refractivity (Wildman–Crippen MR) is 146 cm³/mol. The lowest BCUT2D eigenvalue weighted by Crippen LogP contribution is -2.47. The van der Waals surface area contributed by atoms with Crippen molar-refractivity contribution in [2.24, 2.45) is 0 Å². The van der Waals surface area contributed by atoms with Gasteiger partial charge >= 0.3 is 11.9 Å². The zero-order chi connectivity index (χ0) is 26.5. The molecule has 2 heterocycles. The van der Waals surface area contributed by atoms with Crippen LogP contribution in [0.3, 0.4) is 0 Å². The Labute approximate surface area is 223 Å². The van der Waals surface area contributed by atoms with Crippen LogP contribution in [0.5, 0.6) is 0 Å². The van der Waals surface area contributed by atoms with Crippen molar-refractivity contribution in [2.45, 2.75) is 26.7 Å². The summed E-state index contributed by atoms with van der Waals surface area (Å²) in [7, 11) is 1.33. The molecule has 2 aromatic rings. The molecule has 37 heavy (non-hydrogen) atoms. The molecule has 7 nitrogen and oxygen atoms in total. The number of esters is 2. The molecule has 1 atom stereocenters. The van der Waals surface area contributed by atoms with Gasteiger partial charge in [-0.1, -0.05) is 41.9 Å². The van der Waals surface area contributed by atoms with Crippen LogP contribution in [0.25, 0.3) is 0 Å². The number of aryl methyl sites for hydroxylation is 1. The fourth-order valence-corrected chi connectivity index (χ4v) is 5.34. The maximum Gasteiger partial charge on any atom is 0.336 e. The fraction of sp³-hybridized carbons (Fsp3) is 0.379. The van der Waals surface area contributed by atoms with E-state index in [-0.39, 0.29) is 6.61 Å². The van der Waals surface area contributed by atoms with Crippen molar-refractivity contribution in [3.05, 3.63) is 87.2 Å². The van der Waals surface area contributed by atoms with Gasteiger partial charge in [-0.15, -0.1) is 0 Å². The highest BCUT2D eigenvalue weighted by Crippen LogP contribution is 2.39. The van der Waals surface area contributed by atoms with Crippen molar-refractivity contribution in [3.8, 4) is 0 Å². The highest BCUT2D eigenvalue weighted by atomic mass is 35.5. The van der Waals surface area contributed by atoms with Crippen LogP contribution >= 0.6 is 11.6 Å². The number of piperazine rings is 1. The van der Waals surface area contributed by atoms with Crippen LogP contribution in [-0.4, -0.2) is 63.3 Å². The maximum absolute atomic E-state index is 13.4. The van der Waals surface area contributed by atoms with E-state index in [4.69, 9.17) is 21.1 Å². The smallest absolute Gasteiger partial charge is 0.336 e. The quantitative estimate of drug-likeness (QED) is 0.539. The molecule has 8 heteroatoms. The summed E-state index contributed by atoms with van der Waals surface area (Å²) in [5, 5.41) is 3.68. The molecule has 1 unspecified atom stereocenters. The van der Waals surface area contributed by atoms with Crippen LogP contribution in [0.2, 0.25) is 5.02 Å². The number of rotatable bonds is 7. The second-order valence-electron chi connectivity index (χ2n) is 9.43. The molecule has 0 aliphatic carbocycles. The Kier molecular flexibility index (Phi) is 8.56. The van der Waals surface area contributed by atoms with Crippen LogP contribution in [0.4, 0.5) is 5.69 Å². The Hall–Kier alpha value is -3.29. The lowest BCUT2D eigenvalue weighted by Gasteiger charge is -2.36. The summed E-state index contributed by atoms with van der Waals surface area (Å²) in [5.74, 6) is -1.60. The van der Waals surface area contributed by atoms with E-state index in [1.54, 1.807) is 25.1 Å². The third-order valence-corrected chi connectivity index (χ3v) is 7.27. The minimum absolute atomic E-state index is 0.262. The summed E-state index contributed by atoms with van der Waals surface area (Å²) in [5.41, 5.74) is 5.32. The van der Waals surface area contributed by atoms with Gasteiger partial charge in [0.25, 0.3) is 0 Å². The molecular formula is C29H34ClN3O4. The van der Waals surface area contributed by atoms with Gasteiger partial charge in [-0.05, 0) is 50.1 Å². The van der Waals surface area contributed by atoms with Gasteiger partial charge in [-0.3, -0.25) is 4.90 Å². The third kappa shape index (κ3) is 6.00. The highest BCUT2D eigenvalue weighted by molar-refractivity contribution is 6.30. The molecule has 0 bridgehead atoms. The number of carbonyl (C=O) groups is 2. The van der Waals surface area contributed by atoms with Gasteiger partial charge < -0.3 is 19.7 Å². The van der Waals surface area contributed by atoms with E-state index in [9.17, 15) is 9.59 Å². The normalized spacial score (nSPS) is 18.5. The van der Waals surface area contributed by atoms with Crippen molar-refractivity contribution in [3.63, 3.8) is 0 Å². The summed E-state index contributed by atoms with van der Waals surface area (Å²) in [6, 6.07) is 15.6. The number of benzene rings is 2. The number of halogens is 1. The molecule has 0 amide bonds. The Morgan fingerprint density at radius 2 is 1.62 bits per heavy atom. The molecule has 196 valence electrons. The number of ether oxygens (including phenoxy) is 2. The van der Waals surface area contributed by atoms with Crippen molar-refractivity contribution in [1.29, 1.82) is 0 Å². The van der Waals surface area contributed by atoms with Gasteiger partial charge in [0, 0.05) is 54.8 Å². The Morgan fingerprint density at radius 3 is 2.27 bits per heavy atom. The number of hydrogen-bond acceptors (Lipinski definition) is 7. The number of anilines is 1. The molecule has 2 aliphatic heterocycles. The Morgan fingerprint density at radius 1 is 0.946 bits per heavy atom. The average molecular weight is 524 g/mol. The summed E-state index contributed by atoms with van der Waals surface area (Å²) in [6.07, 6.45) is 0. The minimum atomic E-state index is -0.641. The third-order valence-electron chi connectivity index (χ3n) is 7.04. The first kappa shape index (κ1) is 26.8. The van der Waals surface area contributed by atoms with E-state index in [0.717, 1.165) is 31.7 Å². The SMILES string of the molecule is COC(=O)C1=C(C)NC(C)=C(C(=O)OCCN2CCN(c3ccccc3C)CC2)C1c1cccc(Cl)c1. The molecule has 0 saturated carbocycles. The monoisotopic (exact) mass is 523 g/mol. The van der Waals surface area contributed by atoms with Gasteiger partial charge in [0.05, 0.1) is 24.2 Å². The van der Waals surface area contributed by atoms with E-state index in [2.05, 4.69) is 46.3 Å². The van der Waals surface area contributed by atoms with Crippen LogP contribution in [0.1, 0.15) is 30.9 Å². The van der Waals surface area contributed by atoms with Crippen LogP contribution in [-0.2, 0) is 19.1 Å². The standard InChI is InChI=1S/C29H34ClN3O4/c1-19-8-5-6-11-24(19)33-14-12-32(13-15-33)16-17-37-29(35)26-21(3)31-20(2)25(28(34)36-4)27(26)22-9-7-10-23(30)18-22/h5-11,18,27,31H,12-17H2,1-4H3. The van der Waals surface area contributed by atoms with Crippen molar-refractivity contribution in [1.82, 2.24) is 10.2 Å². The zero-order valence-electron chi connectivity index (χ0n) is 21.8. The number of para-hydroxylation sites is 1. The first-order valence-electron chi connectivity index (χ1n) is 12.5. The first-order chi connectivity index (χ1) is 17.8. The number of nitrogens with one attached hydrogen (secondary N) is 1. The van der Waals surface area contributed by atoms with E-state index in [1.165, 1.54) is 18.4 Å². The molecule has 0 aromatic heterocycles. The van der Waals surface area contributed by atoms with Gasteiger partial charge in [0.2, 0.25) is 0 Å². The fourth-order valence-electron chi connectivity index (χ4n) is 5.14. The number of carbonyl (C=O) groups excluding carboxylic acids is 2. The van der Waals surface area contributed by atoms with Gasteiger partial charge in [-0.25, -0.2) is 9.59 Å². The molecule has 1 saturated heterocycles. The van der Waals surface area contributed by atoms with Crippen LogP contribution in [0.15, 0.2) is 71.1 Å². The highest BCUT2D eigenvalue weighted by Gasteiger charge is 2.38. The molecule has 1 N–H and O–H groups in total. The van der Waals surface area contributed by atoms with Crippen molar-refractivity contribution in [2.75, 3.05) is 51.3 Å². The maximum atomic E-state index is 13.4. The number of nitrogens with zero attached hydrogens (tertiary/aromatic N) is 2. The van der Waals surface area contributed by atoms with Gasteiger partial charge in [-0.2, -0.15) is 0 Å². The number of hydrogen-bond donors (Lipinski definition) is 1. The predicted octanol–water partition coefficient (Wildman–Crippen LogP) is 4.42. The molecule has 2 aromatic carbocycles. The Balaban J connectivity index is 1.42. The van der Waals surface area contributed by atoms with E-state index in [0.29, 0.717) is 34.1 Å². The van der Waals surface area contributed by atoms with E-state index in [1.807, 2.05) is 13.0 Å². The topological polar surface area (TPSA) is 71.1 Å². The minimum Gasteiger partial charge on any atom is -0.466 e. The van der Waals surface area contributed by atoms with Gasteiger partial charge in [0.1, 0.15) is 6.61 Å². The molecule has 0 spiro atoms. The number of dihydropyridines is 1. The van der Waals surface area contributed by atoms with E-state index >= 15 is 0 Å². The summed E-state index contributed by atoms with van der Waals surface area (Å²) in [6.45, 7) is 10.3. The zero-order valence-corrected chi connectivity index (χ0v) is 22.6. The van der Waals surface area contributed by atoms with Crippen molar-refractivity contribution < 1.29 is 19.1 Å². The second kappa shape index (κ2) is 11.8. The average Bonchev–Trinajstić information content (AvgIpc) is 2.88. The lowest BCUT2D eigenvalue weighted by molar-refractivity contribution is -0.140. The van der Waals surface area contributed by atoms with E-state index < -0.39 is 17.9 Å². The Bertz CT molecular complexity index is 1230. The second-order valence-corrected chi connectivity index (χ2v) is 9.87. The number of methoxy groups -OCH3 is 1. The molecule has 2 aliphatic rings. The lowest BCUT2D eigenvalue weighted by atomic mass is 9.80. The summed E-state index contributed by atoms with van der Waals surface area (Å²) < 4.78 is 10.8. The summed E-state index contributed by atoms with van der Waals surface area (Å²) >= 11 is 6.26. The molecule has 0 radical (unpaired) electrons. The first-order valence-corrected chi connectivity index (χ1v) is 12.9. The number of allylic oxidation sites excluding steroid dienone is 2. The molecule has 4 rings (SSSR count). The largest absolute Gasteiger partial charge is 0.466 e. The van der Waals surface area contributed by atoms with Gasteiger partial charge in [0.15, 0.2) is 0 Å². The van der Waals surface area contributed by atoms with Crippen molar-refractivity contribution >= 4 is 29.2 Å². The molecular weight excluding hydrogens is 490 g/mol. The molecule has 1 fully saturated rings. The van der Waals surface area contributed by atoms with Crippen LogP contribution < -0.4 is 10.2 Å². The van der Waals surface area contributed by atoms with Crippen LogP contribution in [0, 0.1) is 6.92 Å². The summed E-state index contributed by atoms with van der Waals surface area (Å²) in [4.78, 5) is 30.9.